The molecule has 1 atom stereocenters. The molecule has 156 valence electrons. The van der Waals surface area contributed by atoms with Crippen LogP contribution in [0.2, 0.25) is 0 Å². The number of hydrogen-bond donors (Lipinski definition) is 1. The van der Waals surface area contributed by atoms with Crippen molar-refractivity contribution in [3.05, 3.63) is 40.9 Å². The maximum absolute atomic E-state index is 12.5. The number of carbonyl (C=O) groups is 1. The molecule has 2 heterocycles. The fourth-order valence-electron chi connectivity index (χ4n) is 3.38. The summed E-state index contributed by atoms with van der Waals surface area (Å²) in [5.41, 5.74) is -0.0652. The second kappa shape index (κ2) is 8.14. The summed E-state index contributed by atoms with van der Waals surface area (Å²) in [6.45, 7) is 3.03. The molecule has 0 radical (unpaired) electrons. The minimum absolute atomic E-state index is 0.155. The molecule has 0 bridgehead atoms. The first-order valence-corrected chi connectivity index (χ1v) is 12.1. The Kier molecular flexibility index (Phi) is 5.74. The van der Waals surface area contributed by atoms with Crippen LogP contribution in [0.1, 0.15) is 36.9 Å². The topological polar surface area (TPSA) is 94.6 Å². The van der Waals surface area contributed by atoms with E-state index < -0.39 is 15.6 Å². The number of aldehydes is 1. The number of nitrogens with zero attached hydrogens (tertiary/aromatic N) is 1. The Labute approximate surface area is 174 Å². The Hall–Kier alpha value is -1.81. The van der Waals surface area contributed by atoms with E-state index in [9.17, 15) is 13.2 Å². The van der Waals surface area contributed by atoms with Crippen LogP contribution in [0.4, 0.5) is 5.13 Å². The Bertz CT molecular complexity index is 963. The Morgan fingerprint density at radius 3 is 2.45 bits per heavy atom. The fraction of sp³-hybridized carbons (Fsp3) is 0.500. The van der Waals surface area contributed by atoms with Gasteiger partial charge in [0.1, 0.15) is 0 Å². The number of hydrogen-bond acceptors (Lipinski definition) is 8. The zero-order valence-corrected chi connectivity index (χ0v) is 17.8. The number of rotatable bonds is 8. The van der Waals surface area contributed by atoms with Crippen LogP contribution < -0.4 is 5.32 Å². The Morgan fingerprint density at radius 2 is 1.90 bits per heavy atom. The van der Waals surface area contributed by atoms with Gasteiger partial charge in [-0.3, -0.25) is 4.79 Å². The molecule has 1 aliphatic carbocycles. The number of aromatic nitrogens is 1. The van der Waals surface area contributed by atoms with Gasteiger partial charge in [0, 0.05) is 24.2 Å². The number of sulfone groups is 1. The second-order valence-corrected chi connectivity index (χ2v) is 10.6. The molecule has 1 unspecified atom stereocenters. The van der Waals surface area contributed by atoms with Gasteiger partial charge in [-0.2, -0.15) is 0 Å². The third-order valence-corrected chi connectivity index (χ3v) is 8.33. The van der Waals surface area contributed by atoms with Gasteiger partial charge in [0.15, 0.2) is 21.3 Å². The normalized spacial score (nSPS) is 20.2. The first-order valence-electron chi connectivity index (χ1n) is 9.69. The molecule has 2 aromatic rings. The lowest BCUT2D eigenvalue weighted by molar-refractivity contribution is -0.145. The summed E-state index contributed by atoms with van der Waals surface area (Å²) in [6.07, 6.45) is 3.35. The van der Waals surface area contributed by atoms with E-state index in [2.05, 4.69) is 10.3 Å². The molecule has 2 fully saturated rings. The molecule has 1 aliphatic heterocycles. The van der Waals surface area contributed by atoms with Gasteiger partial charge < -0.3 is 14.8 Å². The molecule has 2 aliphatic rings. The lowest BCUT2D eigenvalue weighted by atomic mass is 10.0. The second-order valence-electron chi connectivity index (χ2n) is 7.47. The van der Waals surface area contributed by atoms with Crippen molar-refractivity contribution in [2.24, 2.45) is 0 Å². The summed E-state index contributed by atoms with van der Waals surface area (Å²) < 4.78 is 36.7. The molecule has 29 heavy (non-hydrogen) atoms. The Morgan fingerprint density at radius 1 is 1.21 bits per heavy atom. The molecular formula is C20H24N2O5S2. The third kappa shape index (κ3) is 4.37. The van der Waals surface area contributed by atoms with Gasteiger partial charge in [-0.15, -0.1) is 11.3 Å². The molecule has 1 aromatic carbocycles. The van der Waals surface area contributed by atoms with Crippen molar-refractivity contribution in [3.8, 4) is 0 Å². The number of nitrogens with one attached hydrogen (secondary N) is 1. The lowest BCUT2D eigenvalue weighted by Crippen LogP contribution is -2.44. The number of thiazole rings is 1. The van der Waals surface area contributed by atoms with Crippen molar-refractivity contribution < 1.29 is 22.7 Å². The summed E-state index contributed by atoms with van der Waals surface area (Å²) in [4.78, 5) is 17.0. The SMILES string of the molecule is Cc1csc(NC(C=O)(OC2CCOCC2)c2ccc(S(=O)(=O)C3CC3)cc2)n1. The van der Waals surface area contributed by atoms with E-state index in [4.69, 9.17) is 9.47 Å². The highest BCUT2D eigenvalue weighted by Crippen LogP contribution is 2.35. The predicted octanol–water partition coefficient (Wildman–Crippen LogP) is 3.05. The predicted molar refractivity (Wildman–Crippen MR) is 110 cm³/mol. The van der Waals surface area contributed by atoms with Crippen molar-refractivity contribution in [3.63, 3.8) is 0 Å². The van der Waals surface area contributed by atoms with Crippen LogP contribution in [0.15, 0.2) is 34.5 Å². The van der Waals surface area contributed by atoms with E-state index in [1.807, 2.05) is 12.3 Å². The number of benzene rings is 1. The van der Waals surface area contributed by atoms with E-state index in [0.29, 0.717) is 49.6 Å². The average Bonchev–Trinajstić information content (AvgIpc) is 3.52. The molecule has 0 spiro atoms. The van der Waals surface area contributed by atoms with Crippen molar-refractivity contribution >= 4 is 32.6 Å². The van der Waals surface area contributed by atoms with Gasteiger partial charge in [-0.1, -0.05) is 12.1 Å². The van der Waals surface area contributed by atoms with Gasteiger partial charge in [0.05, 0.1) is 21.9 Å². The fourth-order valence-corrected chi connectivity index (χ4v) is 5.78. The van der Waals surface area contributed by atoms with Crippen molar-refractivity contribution in [2.75, 3.05) is 18.5 Å². The number of aryl methyl sites for hydroxylation is 1. The summed E-state index contributed by atoms with van der Waals surface area (Å²) in [6, 6.07) is 6.42. The van der Waals surface area contributed by atoms with Gasteiger partial charge in [0.25, 0.3) is 0 Å². The average molecular weight is 437 g/mol. The summed E-state index contributed by atoms with van der Waals surface area (Å²) in [5, 5.41) is 5.32. The van der Waals surface area contributed by atoms with Crippen LogP contribution in [0.5, 0.6) is 0 Å². The highest BCUT2D eigenvalue weighted by atomic mass is 32.2. The number of ether oxygens (including phenoxy) is 2. The lowest BCUT2D eigenvalue weighted by Gasteiger charge is -2.35. The molecule has 9 heteroatoms. The molecule has 1 saturated carbocycles. The van der Waals surface area contributed by atoms with Crippen LogP contribution in [0, 0.1) is 6.92 Å². The molecular weight excluding hydrogens is 412 g/mol. The van der Waals surface area contributed by atoms with Crippen LogP contribution in [-0.2, 0) is 29.8 Å². The third-order valence-electron chi connectivity index (χ3n) is 5.17. The largest absolute Gasteiger partial charge is 0.381 e. The van der Waals surface area contributed by atoms with Crippen molar-refractivity contribution in [1.82, 2.24) is 4.98 Å². The zero-order valence-electron chi connectivity index (χ0n) is 16.2. The first-order chi connectivity index (χ1) is 13.9. The monoisotopic (exact) mass is 436 g/mol. The molecule has 0 amide bonds. The highest BCUT2D eigenvalue weighted by molar-refractivity contribution is 7.92. The van der Waals surface area contributed by atoms with Gasteiger partial charge >= 0.3 is 0 Å². The minimum Gasteiger partial charge on any atom is -0.381 e. The van der Waals surface area contributed by atoms with Crippen LogP contribution in [0.25, 0.3) is 0 Å². The van der Waals surface area contributed by atoms with Crippen LogP contribution in [0.3, 0.4) is 0 Å². The van der Waals surface area contributed by atoms with Gasteiger partial charge in [0.2, 0.25) is 5.72 Å². The number of anilines is 1. The van der Waals surface area contributed by atoms with Crippen molar-refractivity contribution in [1.29, 1.82) is 0 Å². The van der Waals surface area contributed by atoms with Gasteiger partial charge in [-0.25, -0.2) is 13.4 Å². The van der Waals surface area contributed by atoms with E-state index in [-0.39, 0.29) is 16.2 Å². The number of carbonyl (C=O) groups excluding carboxylic acids is 1. The molecule has 4 rings (SSSR count). The smallest absolute Gasteiger partial charge is 0.224 e. The van der Waals surface area contributed by atoms with Crippen LogP contribution in [-0.4, -0.2) is 44.3 Å². The van der Waals surface area contributed by atoms with Crippen LogP contribution >= 0.6 is 11.3 Å². The summed E-state index contributed by atoms with van der Waals surface area (Å²) >= 11 is 1.39. The van der Waals surface area contributed by atoms with E-state index in [1.165, 1.54) is 11.3 Å². The van der Waals surface area contributed by atoms with E-state index in [0.717, 1.165) is 12.0 Å². The highest BCUT2D eigenvalue weighted by Gasteiger charge is 2.39. The summed E-state index contributed by atoms with van der Waals surface area (Å²) in [7, 11) is -3.29. The quantitative estimate of drug-likeness (QED) is 0.502. The zero-order chi connectivity index (χ0) is 20.5. The first kappa shape index (κ1) is 20.5. The van der Waals surface area contributed by atoms with E-state index in [1.54, 1.807) is 24.3 Å². The molecule has 7 nitrogen and oxygen atoms in total. The van der Waals surface area contributed by atoms with Gasteiger partial charge in [-0.05, 0) is 44.7 Å². The van der Waals surface area contributed by atoms with E-state index >= 15 is 0 Å². The standard InChI is InChI=1S/C20H24N2O5S2/c1-14-12-28-19(21-14)22-20(13-23,27-16-8-10-26-11-9-16)15-2-4-17(5-3-15)29(24,25)18-6-7-18/h2-5,12-13,16,18H,6-11H2,1H3,(H,21,22). The molecule has 1 N–H and O–H groups in total. The minimum atomic E-state index is -3.29. The Balaban J connectivity index is 1.67. The maximum atomic E-state index is 12.5. The maximum Gasteiger partial charge on any atom is 0.224 e. The van der Waals surface area contributed by atoms with Crippen molar-refractivity contribution in [2.45, 2.75) is 54.6 Å². The molecule has 1 aromatic heterocycles. The molecule has 1 saturated heterocycles. The summed E-state index contributed by atoms with van der Waals surface area (Å²) in [5.74, 6) is 0.